The predicted octanol–water partition coefficient (Wildman–Crippen LogP) is 4.76. The average molecular weight is 488 g/mol. The van der Waals surface area contributed by atoms with Crippen molar-refractivity contribution in [2.45, 2.75) is 45.6 Å². The number of hydrogen-bond acceptors (Lipinski definition) is 6. The molecule has 0 spiro atoms. The molecule has 1 atom stereocenters. The van der Waals surface area contributed by atoms with Crippen LogP contribution in [0.2, 0.25) is 0 Å². The number of hydrogen-bond donors (Lipinski definition) is 1. The lowest BCUT2D eigenvalue weighted by atomic mass is 9.99. The largest absolute Gasteiger partial charge is 0.387 e. The Labute approximate surface area is 211 Å². The third-order valence-electron chi connectivity index (χ3n) is 6.61. The van der Waals surface area contributed by atoms with Crippen LogP contribution in [0, 0.1) is 4.91 Å². The molecule has 1 saturated heterocycles. The van der Waals surface area contributed by atoms with Gasteiger partial charge < -0.3 is 15.5 Å². The number of carbonyl (C=O) groups excluding carboxylic acids is 2. The van der Waals surface area contributed by atoms with Gasteiger partial charge >= 0.3 is 0 Å². The lowest BCUT2D eigenvalue weighted by Crippen LogP contribution is -2.34. The highest BCUT2D eigenvalue weighted by Gasteiger charge is 2.27. The Bertz CT molecular complexity index is 1200. The standard InChI is InChI=1S/C28H33N5O3/c1-3-12-32(13-4-2)28(35)23-15-22-10-9-21(16-25(22)30-26(29)17-23)19-5-7-20(8-6-19)27(34)33-14-11-24(18-33)31-36/h5-10,15-16,24H,3-4,11-14,17-18H2,1-2H3,(H2,29,30). The second-order valence-corrected chi connectivity index (χ2v) is 9.39. The molecule has 2 aromatic rings. The molecular formula is C28H33N5O3. The van der Waals surface area contributed by atoms with Gasteiger partial charge in [0.15, 0.2) is 0 Å². The third-order valence-corrected chi connectivity index (χ3v) is 6.61. The van der Waals surface area contributed by atoms with Crippen molar-refractivity contribution >= 4 is 29.4 Å². The first kappa shape index (κ1) is 25.3. The highest BCUT2D eigenvalue weighted by molar-refractivity contribution is 6.05. The zero-order valence-electron chi connectivity index (χ0n) is 20.9. The summed E-state index contributed by atoms with van der Waals surface area (Å²) < 4.78 is 0. The van der Waals surface area contributed by atoms with Crippen molar-refractivity contribution in [3.05, 3.63) is 64.1 Å². The van der Waals surface area contributed by atoms with Crippen LogP contribution >= 0.6 is 0 Å². The minimum Gasteiger partial charge on any atom is -0.387 e. The molecule has 188 valence electrons. The summed E-state index contributed by atoms with van der Waals surface area (Å²) in [6.07, 6.45) is 4.65. The van der Waals surface area contributed by atoms with Gasteiger partial charge in [0.25, 0.3) is 5.91 Å². The second kappa shape index (κ2) is 11.3. The number of carbonyl (C=O) groups is 2. The summed E-state index contributed by atoms with van der Waals surface area (Å²) in [5.74, 6) is 0.338. The first-order chi connectivity index (χ1) is 17.4. The summed E-state index contributed by atoms with van der Waals surface area (Å²) >= 11 is 0. The number of nitrogens with zero attached hydrogens (tertiary/aromatic N) is 4. The number of rotatable bonds is 8. The van der Waals surface area contributed by atoms with Gasteiger partial charge in [-0.25, -0.2) is 4.99 Å². The van der Waals surface area contributed by atoms with Crippen molar-refractivity contribution in [2.75, 3.05) is 26.2 Å². The minimum atomic E-state index is -0.313. The van der Waals surface area contributed by atoms with Crippen molar-refractivity contribution in [3.63, 3.8) is 0 Å². The summed E-state index contributed by atoms with van der Waals surface area (Å²) in [7, 11) is 0. The van der Waals surface area contributed by atoms with Crippen LogP contribution in [0.5, 0.6) is 0 Å². The van der Waals surface area contributed by atoms with Crippen LogP contribution in [0.25, 0.3) is 17.2 Å². The number of nitroso groups, excluding NO2 is 1. The Morgan fingerprint density at radius 2 is 1.78 bits per heavy atom. The molecule has 4 rings (SSSR count). The van der Waals surface area contributed by atoms with Gasteiger partial charge in [0, 0.05) is 49.3 Å². The maximum Gasteiger partial charge on any atom is 0.253 e. The highest BCUT2D eigenvalue weighted by atomic mass is 16.3. The molecule has 0 aliphatic carbocycles. The van der Waals surface area contributed by atoms with Crippen LogP contribution in [0.15, 0.2) is 58.2 Å². The van der Waals surface area contributed by atoms with E-state index < -0.39 is 0 Å². The highest BCUT2D eigenvalue weighted by Crippen LogP contribution is 2.32. The molecule has 0 saturated carbocycles. The van der Waals surface area contributed by atoms with E-state index in [0.29, 0.717) is 42.9 Å². The number of amidine groups is 1. The van der Waals surface area contributed by atoms with Crippen LogP contribution in [0.3, 0.4) is 0 Å². The molecule has 2 aliphatic heterocycles. The summed E-state index contributed by atoms with van der Waals surface area (Å²) in [5, 5.41) is 3.07. The van der Waals surface area contributed by atoms with Gasteiger partial charge in [-0.2, -0.15) is 4.91 Å². The van der Waals surface area contributed by atoms with Gasteiger partial charge in [0.1, 0.15) is 11.9 Å². The molecule has 2 aliphatic rings. The summed E-state index contributed by atoms with van der Waals surface area (Å²) in [6, 6.07) is 13.0. The first-order valence-electron chi connectivity index (χ1n) is 12.6. The molecule has 8 heteroatoms. The first-order valence-corrected chi connectivity index (χ1v) is 12.6. The molecule has 0 radical (unpaired) electrons. The van der Waals surface area contributed by atoms with Gasteiger partial charge in [-0.1, -0.05) is 43.3 Å². The van der Waals surface area contributed by atoms with E-state index in [1.165, 1.54) is 0 Å². The van der Waals surface area contributed by atoms with Crippen molar-refractivity contribution in [3.8, 4) is 11.1 Å². The molecule has 2 amide bonds. The molecule has 1 unspecified atom stereocenters. The van der Waals surface area contributed by atoms with E-state index in [9.17, 15) is 14.5 Å². The fraction of sp³-hybridized carbons (Fsp3) is 0.393. The number of likely N-dealkylation sites (tertiary alicyclic amines) is 1. The normalized spacial score (nSPS) is 17.1. The summed E-state index contributed by atoms with van der Waals surface area (Å²) in [6.45, 7) is 6.50. The van der Waals surface area contributed by atoms with Crippen LogP contribution in [0.4, 0.5) is 5.69 Å². The van der Waals surface area contributed by atoms with Crippen molar-refractivity contribution < 1.29 is 9.59 Å². The van der Waals surface area contributed by atoms with E-state index in [1.54, 1.807) is 17.0 Å². The van der Waals surface area contributed by atoms with E-state index in [2.05, 4.69) is 24.0 Å². The second-order valence-electron chi connectivity index (χ2n) is 9.39. The van der Waals surface area contributed by atoms with Crippen molar-refractivity contribution in [2.24, 2.45) is 15.9 Å². The van der Waals surface area contributed by atoms with Gasteiger partial charge in [-0.05, 0) is 54.7 Å². The van der Waals surface area contributed by atoms with Crippen LogP contribution in [-0.2, 0) is 4.79 Å². The average Bonchev–Trinajstić information content (AvgIpc) is 3.31. The molecule has 1 fully saturated rings. The van der Waals surface area contributed by atoms with Crippen LogP contribution in [-0.4, -0.2) is 59.7 Å². The number of aliphatic imine (C=N–C) groups is 1. The smallest absolute Gasteiger partial charge is 0.253 e. The van der Waals surface area contributed by atoms with Gasteiger partial charge in [0.05, 0.1) is 5.69 Å². The lowest BCUT2D eigenvalue weighted by Gasteiger charge is -2.22. The van der Waals surface area contributed by atoms with E-state index >= 15 is 0 Å². The SMILES string of the molecule is CCCN(CCC)C(=O)C1=Cc2ccc(-c3ccc(C(=O)N4CCC(N=O)C4)cc3)cc2N=C(N)C1. The third kappa shape index (κ3) is 5.53. The molecule has 0 bridgehead atoms. The quantitative estimate of drug-likeness (QED) is 0.542. The van der Waals surface area contributed by atoms with E-state index in [1.807, 2.05) is 41.3 Å². The molecular weight excluding hydrogens is 454 g/mol. The minimum absolute atomic E-state index is 0.0160. The topological polar surface area (TPSA) is 108 Å². The fourth-order valence-corrected chi connectivity index (χ4v) is 4.77. The van der Waals surface area contributed by atoms with Gasteiger partial charge in [-0.15, -0.1) is 0 Å². The Balaban J connectivity index is 1.56. The molecule has 2 N–H and O–H groups in total. The zero-order chi connectivity index (χ0) is 25.7. The maximum atomic E-state index is 13.2. The lowest BCUT2D eigenvalue weighted by molar-refractivity contribution is -0.127. The maximum absolute atomic E-state index is 13.2. The predicted molar refractivity (Wildman–Crippen MR) is 143 cm³/mol. The molecule has 8 nitrogen and oxygen atoms in total. The number of benzene rings is 2. The number of nitrogens with two attached hydrogens (primary N) is 1. The molecule has 36 heavy (non-hydrogen) atoms. The van der Waals surface area contributed by atoms with Gasteiger partial charge in [-0.3, -0.25) is 9.59 Å². The Kier molecular flexibility index (Phi) is 7.93. The van der Waals surface area contributed by atoms with E-state index in [-0.39, 0.29) is 17.9 Å². The van der Waals surface area contributed by atoms with Gasteiger partial charge in [0.2, 0.25) is 5.91 Å². The van der Waals surface area contributed by atoms with E-state index in [4.69, 9.17) is 5.73 Å². The zero-order valence-corrected chi connectivity index (χ0v) is 20.9. The molecule has 2 heterocycles. The van der Waals surface area contributed by atoms with Crippen LogP contribution < -0.4 is 5.73 Å². The summed E-state index contributed by atoms with van der Waals surface area (Å²) in [4.78, 5) is 44.9. The van der Waals surface area contributed by atoms with Crippen molar-refractivity contribution in [1.29, 1.82) is 0 Å². The molecule has 0 aromatic heterocycles. The Hall–Kier alpha value is -3.81. The van der Waals surface area contributed by atoms with E-state index in [0.717, 1.165) is 48.3 Å². The monoisotopic (exact) mass is 487 g/mol. The Morgan fingerprint density at radius 3 is 2.42 bits per heavy atom. The van der Waals surface area contributed by atoms with Crippen molar-refractivity contribution in [1.82, 2.24) is 9.80 Å². The molecule has 2 aromatic carbocycles. The summed E-state index contributed by atoms with van der Waals surface area (Å²) in [5.41, 5.74) is 10.9. The number of fused-ring (bicyclic) bond motifs is 1. The fourth-order valence-electron chi connectivity index (χ4n) is 4.77. The number of amides is 2. The Morgan fingerprint density at radius 1 is 1.08 bits per heavy atom. The van der Waals surface area contributed by atoms with Crippen LogP contribution in [0.1, 0.15) is 55.5 Å².